The lowest BCUT2D eigenvalue weighted by molar-refractivity contribution is 0.250. The van der Waals surface area contributed by atoms with Gasteiger partial charge in [0.05, 0.1) is 11.7 Å². The minimum atomic E-state index is -3.49. The van der Waals surface area contributed by atoms with Crippen LogP contribution in [0.1, 0.15) is 31.0 Å². The molecule has 0 amide bonds. The van der Waals surface area contributed by atoms with Gasteiger partial charge in [-0.1, -0.05) is 30.2 Å². The molecule has 28 heavy (non-hydrogen) atoms. The van der Waals surface area contributed by atoms with Crippen LogP contribution in [-0.4, -0.2) is 47.6 Å². The molecule has 2 saturated heterocycles. The fourth-order valence-electron chi connectivity index (χ4n) is 3.84. The van der Waals surface area contributed by atoms with Crippen LogP contribution in [0.25, 0.3) is 11.1 Å². The molecule has 1 aromatic carbocycles. The van der Waals surface area contributed by atoms with Gasteiger partial charge in [-0.05, 0) is 30.5 Å². The van der Waals surface area contributed by atoms with Gasteiger partial charge in [-0.25, -0.2) is 18.4 Å². The number of halogens is 1. The zero-order valence-corrected chi connectivity index (χ0v) is 16.9. The highest BCUT2D eigenvalue weighted by molar-refractivity contribution is 7.89. The molecule has 0 radical (unpaired) electrons. The molecule has 1 aromatic heterocycles. The van der Waals surface area contributed by atoms with Gasteiger partial charge in [0.1, 0.15) is 5.25 Å². The lowest BCUT2D eigenvalue weighted by atomic mass is 9.95. The van der Waals surface area contributed by atoms with Gasteiger partial charge in [-0.3, -0.25) is 10.9 Å². The minimum absolute atomic E-state index is 0.139. The van der Waals surface area contributed by atoms with Gasteiger partial charge in [0, 0.05) is 36.4 Å². The van der Waals surface area contributed by atoms with Crippen molar-refractivity contribution < 1.29 is 8.42 Å². The molecule has 2 fully saturated rings. The number of piperidine rings is 1. The maximum Gasteiger partial charge on any atom is 0.220 e. The van der Waals surface area contributed by atoms with Gasteiger partial charge in [-0.15, -0.1) is 0 Å². The molecule has 0 bridgehead atoms. The first-order chi connectivity index (χ1) is 13.5. The fraction of sp³-hybridized carbons (Fsp3) is 0.444. The predicted molar refractivity (Wildman–Crippen MR) is 109 cm³/mol. The smallest absolute Gasteiger partial charge is 0.220 e. The highest BCUT2D eigenvalue weighted by Crippen LogP contribution is 2.38. The van der Waals surface area contributed by atoms with E-state index in [4.69, 9.17) is 17.3 Å². The number of aromatic nitrogens is 2. The third-order valence-corrected chi connectivity index (χ3v) is 7.81. The summed E-state index contributed by atoms with van der Waals surface area (Å²) in [7, 11) is -3.49. The zero-order valence-electron chi connectivity index (χ0n) is 15.3. The summed E-state index contributed by atoms with van der Waals surface area (Å²) in [5.41, 5.74) is 14.0. The van der Waals surface area contributed by atoms with Gasteiger partial charge < -0.3 is 5.73 Å². The number of hydrazine groups is 1. The fourth-order valence-corrected chi connectivity index (χ4v) is 5.88. The normalized spacial score (nSPS) is 21.8. The van der Waals surface area contributed by atoms with Crippen LogP contribution in [0.2, 0.25) is 5.02 Å². The van der Waals surface area contributed by atoms with Crippen LogP contribution in [0.3, 0.4) is 0 Å². The van der Waals surface area contributed by atoms with Crippen LogP contribution in [0.4, 0.5) is 5.95 Å². The van der Waals surface area contributed by atoms with E-state index in [9.17, 15) is 8.42 Å². The number of nitrogens with zero attached hydrogens (tertiary/aromatic N) is 3. The number of benzene rings is 1. The van der Waals surface area contributed by atoms with Crippen molar-refractivity contribution in [2.24, 2.45) is 0 Å². The van der Waals surface area contributed by atoms with Crippen LogP contribution in [0.5, 0.6) is 0 Å². The molecule has 0 spiro atoms. The topological polar surface area (TPSA) is 113 Å². The molecular weight excluding hydrogens is 400 g/mol. The second-order valence-corrected chi connectivity index (χ2v) is 9.69. The quantitative estimate of drug-likeness (QED) is 0.687. The summed E-state index contributed by atoms with van der Waals surface area (Å²) in [6, 6.07) is 6.99. The molecule has 4 rings (SSSR count). The van der Waals surface area contributed by atoms with Crippen molar-refractivity contribution in [2.45, 2.75) is 30.6 Å². The Morgan fingerprint density at radius 2 is 1.86 bits per heavy atom. The Labute approximate surface area is 169 Å². The monoisotopic (exact) mass is 422 g/mol. The summed E-state index contributed by atoms with van der Waals surface area (Å²) in [6.07, 6.45) is 4.13. The number of hydrogen-bond donors (Lipinski definition) is 3. The van der Waals surface area contributed by atoms with E-state index < -0.39 is 15.3 Å². The standard InChI is InChI=1S/C18H23ClN6O2S/c19-13-6-4-12(5-7-13)15-11-21-18(20)24-17(15)16-3-1-2-8-25(16)28(26,27)14-9-22-23-10-14/h4-7,11,14,16,22-23H,1-3,8-10H2,(H2,20,21,24). The first kappa shape index (κ1) is 19.5. The minimum Gasteiger partial charge on any atom is -0.368 e. The number of nitrogens with one attached hydrogen (secondary N) is 2. The molecule has 0 aliphatic carbocycles. The lowest BCUT2D eigenvalue weighted by Gasteiger charge is -2.36. The molecule has 2 aromatic rings. The Morgan fingerprint density at radius 3 is 2.57 bits per heavy atom. The number of nitrogens with two attached hydrogens (primary N) is 1. The first-order valence-electron chi connectivity index (χ1n) is 9.31. The average Bonchev–Trinajstić information content (AvgIpc) is 3.24. The van der Waals surface area contributed by atoms with Gasteiger partial charge in [0.2, 0.25) is 16.0 Å². The van der Waals surface area contributed by atoms with Crippen molar-refractivity contribution in [3.63, 3.8) is 0 Å². The van der Waals surface area contributed by atoms with Gasteiger partial charge in [0.25, 0.3) is 0 Å². The first-order valence-corrected chi connectivity index (χ1v) is 11.2. The maximum absolute atomic E-state index is 13.3. The number of nitrogen functional groups attached to an aromatic ring is 1. The Morgan fingerprint density at radius 1 is 1.14 bits per heavy atom. The molecule has 3 heterocycles. The summed E-state index contributed by atoms with van der Waals surface area (Å²) in [4.78, 5) is 8.63. The van der Waals surface area contributed by atoms with E-state index in [0.29, 0.717) is 36.8 Å². The Balaban J connectivity index is 1.77. The average molecular weight is 423 g/mol. The summed E-state index contributed by atoms with van der Waals surface area (Å²) in [5.74, 6) is 0.139. The Hall–Kier alpha value is -1.78. The van der Waals surface area contributed by atoms with E-state index in [-0.39, 0.29) is 12.0 Å². The van der Waals surface area contributed by atoms with Crippen molar-refractivity contribution in [3.8, 4) is 11.1 Å². The van der Waals surface area contributed by atoms with E-state index in [1.165, 1.54) is 0 Å². The molecule has 4 N–H and O–H groups in total. The highest BCUT2D eigenvalue weighted by Gasteiger charge is 2.41. The number of sulfonamides is 1. The van der Waals surface area contributed by atoms with E-state index >= 15 is 0 Å². The molecular formula is C18H23ClN6O2S. The van der Waals surface area contributed by atoms with E-state index in [2.05, 4.69) is 20.8 Å². The largest absolute Gasteiger partial charge is 0.368 e. The molecule has 150 valence electrons. The van der Waals surface area contributed by atoms with Gasteiger partial charge >= 0.3 is 0 Å². The van der Waals surface area contributed by atoms with Crippen molar-refractivity contribution in [1.82, 2.24) is 25.1 Å². The van der Waals surface area contributed by atoms with Crippen molar-refractivity contribution in [3.05, 3.63) is 41.2 Å². The van der Waals surface area contributed by atoms with Crippen molar-refractivity contribution in [2.75, 3.05) is 25.4 Å². The summed E-state index contributed by atoms with van der Waals surface area (Å²) >= 11 is 6.02. The van der Waals surface area contributed by atoms with Crippen LogP contribution in [0.15, 0.2) is 30.5 Å². The van der Waals surface area contributed by atoms with Crippen LogP contribution < -0.4 is 16.6 Å². The molecule has 2 aliphatic rings. The van der Waals surface area contributed by atoms with E-state index in [0.717, 1.165) is 24.0 Å². The summed E-state index contributed by atoms with van der Waals surface area (Å²) in [5, 5.41) is 0.135. The Kier molecular flexibility index (Phi) is 5.52. The van der Waals surface area contributed by atoms with Crippen LogP contribution >= 0.6 is 11.6 Å². The molecule has 1 unspecified atom stereocenters. The molecule has 8 nitrogen and oxygen atoms in total. The molecule has 2 aliphatic heterocycles. The SMILES string of the molecule is Nc1ncc(-c2ccc(Cl)cc2)c(C2CCCCN2S(=O)(=O)C2CNNC2)n1. The Bertz CT molecular complexity index is 947. The van der Waals surface area contributed by atoms with Gasteiger partial charge in [-0.2, -0.15) is 4.31 Å². The number of anilines is 1. The lowest BCUT2D eigenvalue weighted by Crippen LogP contribution is -2.45. The summed E-state index contributed by atoms with van der Waals surface area (Å²) < 4.78 is 28.2. The molecule has 0 saturated carbocycles. The van der Waals surface area contributed by atoms with E-state index in [1.54, 1.807) is 22.6 Å². The van der Waals surface area contributed by atoms with Crippen LogP contribution in [0, 0.1) is 0 Å². The summed E-state index contributed by atoms with van der Waals surface area (Å²) in [6.45, 7) is 1.26. The van der Waals surface area contributed by atoms with Crippen LogP contribution in [-0.2, 0) is 10.0 Å². The van der Waals surface area contributed by atoms with Crippen molar-refractivity contribution in [1.29, 1.82) is 0 Å². The molecule has 1 atom stereocenters. The zero-order chi connectivity index (χ0) is 19.7. The third kappa shape index (κ3) is 3.72. The predicted octanol–water partition coefficient (Wildman–Crippen LogP) is 1.71. The maximum atomic E-state index is 13.3. The van der Waals surface area contributed by atoms with E-state index in [1.807, 2.05) is 12.1 Å². The highest BCUT2D eigenvalue weighted by atomic mass is 35.5. The number of rotatable bonds is 4. The van der Waals surface area contributed by atoms with Gasteiger partial charge in [0.15, 0.2) is 0 Å². The second-order valence-electron chi connectivity index (χ2n) is 7.09. The third-order valence-electron chi connectivity index (χ3n) is 5.29. The molecule has 10 heteroatoms. The number of hydrogen-bond acceptors (Lipinski definition) is 7. The van der Waals surface area contributed by atoms with Crippen molar-refractivity contribution >= 4 is 27.6 Å². The second kappa shape index (κ2) is 7.92.